The number of amides is 1. The highest BCUT2D eigenvalue weighted by atomic mass is 19.1. The first kappa shape index (κ1) is 15.8. The number of carbonyl (C=O) groups excluding carboxylic acids is 1. The lowest BCUT2D eigenvalue weighted by atomic mass is 10.0. The largest absolute Gasteiger partial charge is 0.493 e. The molecule has 1 aliphatic carbocycles. The van der Waals surface area contributed by atoms with E-state index in [1.54, 1.807) is 12.1 Å². The van der Waals surface area contributed by atoms with E-state index < -0.39 is 5.60 Å². The van der Waals surface area contributed by atoms with Crippen LogP contribution in [-0.2, 0) is 4.79 Å². The first-order valence-electron chi connectivity index (χ1n) is 7.45. The number of aliphatic hydroxyl groups is 1. The molecule has 0 aromatic heterocycles. The molecule has 0 atom stereocenters. The van der Waals surface area contributed by atoms with Gasteiger partial charge in [-0.3, -0.25) is 4.79 Å². The smallest absolute Gasteiger partial charge is 0.220 e. The molecule has 1 aromatic carbocycles. The molecule has 1 amide bonds. The third-order valence-corrected chi connectivity index (χ3v) is 3.76. The molecule has 116 valence electrons. The summed E-state index contributed by atoms with van der Waals surface area (Å²) in [6, 6.07) is 5.93. The van der Waals surface area contributed by atoms with Crippen molar-refractivity contribution in [2.24, 2.45) is 0 Å². The van der Waals surface area contributed by atoms with Crippen LogP contribution in [-0.4, -0.2) is 29.8 Å². The van der Waals surface area contributed by atoms with Gasteiger partial charge < -0.3 is 15.2 Å². The Kier molecular flexibility index (Phi) is 5.56. The van der Waals surface area contributed by atoms with Crippen molar-refractivity contribution in [1.29, 1.82) is 0 Å². The molecule has 4 nitrogen and oxygen atoms in total. The number of halogens is 1. The Bertz CT molecular complexity index is 472. The first-order valence-corrected chi connectivity index (χ1v) is 7.45. The fourth-order valence-electron chi connectivity index (χ4n) is 2.54. The highest BCUT2D eigenvalue weighted by molar-refractivity contribution is 5.75. The highest BCUT2D eigenvalue weighted by Gasteiger charge is 2.31. The molecule has 21 heavy (non-hydrogen) atoms. The standard InChI is InChI=1S/C16H22FNO3/c17-13-5-3-6-14(11-13)21-10-4-7-15(19)18-12-16(20)8-1-2-9-16/h3,5-6,11,20H,1-2,4,7-10,12H2,(H,18,19). The van der Waals surface area contributed by atoms with E-state index >= 15 is 0 Å². The Morgan fingerprint density at radius 3 is 2.86 bits per heavy atom. The molecule has 0 bridgehead atoms. The monoisotopic (exact) mass is 295 g/mol. The van der Waals surface area contributed by atoms with Crippen molar-refractivity contribution in [2.45, 2.75) is 44.1 Å². The molecule has 1 saturated carbocycles. The predicted octanol–water partition coefficient (Wildman–Crippen LogP) is 2.41. The summed E-state index contributed by atoms with van der Waals surface area (Å²) in [7, 11) is 0. The summed E-state index contributed by atoms with van der Waals surface area (Å²) < 4.78 is 18.3. The molecular formula is C16H22FNO3. The van der Waals surface area contributed by atoms with Gasteiger partial charge in [0.15, 0.2) is 0 Å². The maximum Gasteiger partial charge on any atom is 0.220 e. The van der Waals surface area contributed by atoms with Crippen molar-refractivity contribution in [3.8, 4) is 5.75 Å². The van der Waals surface area contributed by atoms with E-state index in [1.807, 2.05) is 0 Å². The molecular weight excluding hydrogens is 273 g/mol. The summed E-state index contributed by atoms with van der Waals surface area (Å²) in [6.07, 6.45) is 4.46. The van der Waals surface area contributed by atoms with Crippen LogP contribution in [0.1, 0.15) is 38.5 Å². The van der Waals surface area contributed by atoms with E-state index in [-0.39, 0.29) is 11.7 Å². The average Bonchev–Trinajstić information content (AvgIpc) is 2.89. The molecule has 0 unspecified atom stereocenters. The Hall–Kier alpha value is -1.62. The number of benzene rings is 1. The van der Waals surface area contributed by atoms with Gasteiger partial charge in [-0.25, -0.2) is 4.39 Å². The van der Waals surface area contributed by atoms with Crippen LogP contribution in [0.5, 0.6) is 5.75 Å². The lowest BCUT2D eigenvalue weighted by Gasteiger charge is -2.22. The molecule has 0 radical (unpaired) electrons. The molecule has 1 aromatic rings. The zero-order chi connectivity index (χ0) is 15.1. The second kappa shape index (κ2) is 7.41. The van der Waals surface area contributed by atoms with Gasteiger partial charge in [-0.2, -0.15) is 0 Å². The minimum Gasteiger partial charge on any atom is -0.493 e. The number of rotatable bonds is 7. The van der Waals surface area contributed by atoms with Crippen molar-refractivity contribution >= 4 is 5.91 Å². The number of ether oxygens (including phenoxy) is 1. The first-order chi connectivity index (χ1) is 10.1. The summed E-state index contributed by atoms with van der Waals surface area (Å²) in [5.74, 6) is 0.0453. The normalized spacial score (nSPS) is 16.7. The summed E-state index contributed by atoms with van der Waals surface area (Å²) in [5.41, 5.74) is -0.715. The van der Waals surface area contributed by atoms with Crippen molar-refractivity contribution in [1.82, 2.24) is 5.32 Å². The van der Waals surface area contributed by atoms with Gasteiger partial charge in [0.2, 0.25) is 5.91 Å². The van der Waals surface area contributed by atoms with E-state index in [0.29, 0.717) is 31.7 Å². The second-order valence-corrected chi connectivity index (χ2v) is 5.62. The fourth-order valence-corrected chi connectivity index (χ4v) is 2.54. The summed E-state index contributed by atoms with van der Waals surface area (Å²) >= 11 is 0. The van der Waals surface area contributed by atoms with Crippen molar-refractivity contribution < 1.29 is 19.0 Å². The molecule has 0 heterocycles. The Morgan fingerprint density at radius 1 is 1.38 bits per heavy atom. The van der Waals surface area contributed by atoms with Gasteiger partial charge in [-0.15, -0.1) is 0 Å². The van der Waals surface area contributed by atoms with Gasteiger partial charge in [-0.05, 0) is 31.4 Å². The summed E-state index contributed by atoms with van der Waals surface area (Å²) in [4.78, 5) is 11.7. The van der Waals surface area contributed by atoms with E-state index in [9.17, 15) is 14.3 Å². The van der Waals surface area contributed by atoms with Crippen LogP contribution in [0.2, 0.25) is 0 Å². The molecule has 0 spiro atoms. The summed E-state index contributed by atoms with van der Waals surface area (Å²) in [5, 5.41) is 12.9. The second-order valence-electron chi connectivity index (χ2n) is 5.62. The Morgan fingerprint density at radius 2 is 2.14 bits per heavy atom. The van der Waals surface area contributed by atoms with Gasteiger partial charge in [0, 0.05) is 19.0 Å². The van der Waals surface area contributed by atoms with Gasteiger partial charge in [-0.1, -0.05) is 18.9 Å². The topological polar surface area (TPSA) is 58.6 Å². The number of nitrogens with one attached hydrogen (secondary N) is 1. The maximum atomic E-state index is 12.9. The Labute approximate surface area is 124 Å². The lowest BCUT2D eigenvalue weighted by molar-refractivity contribution is -0.122. The quantitative estimate of drug-likeness (QED) is 0.759. The number of carbonyl (C=O) groups is 1. The van der Waals surface area contributed by atoms with E-state index in [0.717, 1.165) is 25.7 Å². The molecule has 1 aliphatic rings. The molecule has 2 rings (SSSR count). The predicted molar refractivity (Wildman–Crippen MR) is 77.6 cm³/mol. The minimum absolute atomic E-state index is 0.0850. The van der Waals surface area contributed by atoms with Crippen molar-refractivity contribution in [2.75, 3.05) is 13.2 Å². The highest BCUT2D eigenvalue weighted by Crippen LogP contribution is 2.28. The van der Waals surface area contributed by atoms with Crippen molar-refractivity contribution in [3.05, 3.63) is 30.1 Å². The van der Waals surface area contributed by atoms with E-state index in [2.05, 4.69) is 5.32 Å². The van der Waals surface area contributed by atoms with Gasteiger partial charge in [0.25, 0.3) is 0 Å². The third kappa shape index (κ3) is 5.34. The summed E-state index contributed by atoms with van der Waals surface area (Å²) in [6.45, 7) is 0.692. The zero-order valence-corrected chi connectivity index (χ0v) is 12.1. The van der Waals surface area contributed by atoms with Gasteiger partial charge >= 0.3 is 0 Å². The van der Waals surface area contributed by atoms with Crippen molar-refractivity contribution in [3.63, 3.8) is 0 Å². The molecule has 0 saturated heterocycles. The molecule has 5 heteroatoms. The molecule has 0 aliphatic heterocycles. The van der Waals surface area contributed by atoms with Crippen LogP contribution < -0.4 is 10.1 Å². The van der Waals surface area contributed by atoms with Crippen LogP contribution in [0.15, 0.2) is 24.3 Å². The molecule has 1 fully saturated rings. The number of hydrogen-bond acceptors (Lipinski definition) is 3. The van der Waals surface area contributed by atoms with Gasteiger partial charge in [0.05, 0.1) is 12.2 Å². The zero-order valence-electron chi connectivity index (χ0n) is 12.1. The minimum atomic E-state index is -0.715. The van der Waals surface area contributed by atoms with Gasteiger partial charge in [0.1, 0.15) is 11.6 Å². The van der Waals surface area contributed by atoms with Crippen LogP contribution in [0.25, 0.3) is 0 Å². The SMILES string of the molecule is O=C(CCCOc1cccc(F)c1)NCC1(O)CCCC1. The van der Waals surface area contributed by atoms with E-state index in [4.69, 9.17) is 4.74 Å². The van der Waals surface area contributed by atoms with Crippen LogP contribution >= 0.6 is 0 Å². The van der Waals surface area contributed by atoms with Crippen LogP contribution in [0.4, 0.5) is 4.39 Å². The lowest BCUT2D eigenvalue weighted by Crippen LogP contribution is -2.40. The third-order valence-electron chi connectivity index (χ3n) is 3.76. The maximum absolute atomic E-state index is 12.9. The average molecular weight is 295 g/mol. The fraction of sp³-hybridized carbons (Fsp3) is 0.562. The van der Waals surface area contributed by atoms with E-state index in [1.165, 1.54) is 12.1 Å². The molecule has 2 N–H and O–H groups in total. The van der Waals surface area contributed by atoms with Crippen LogP contribution in [0, 0.1) is 5.82 Å². The Balaban J connectivity index is 1.59. The van der Waals surface area contributed by atoms with Crippen LogP contribution in [0.3, 0.4) is 0 Å². The number of hydrogen-bond donors (Lipinski definition) is 2.